The number of fused-ring (bicyclic) bond motifs is 1. The molecular weight excluding hydrogens is 386 g/mol. The van der Waals surface area contributed by atoms with Crippen LogP contribution in [0, 0.1) is 5.92 Å². The van der Waals surface area contributed by atoms with Gasteiger partial charge in [-0.3, -0.25) is 9.78 Å². The first kappa shape index (κ1) is 20.0. The Kier molecular flexibility index (Phi) is 5.96. The fraction of sp³-hybridized carbons (Fsp3) is 0.455. The molecule has 1 fully saturated rings. The number of nitrogens with one attached hydrogen (secondary N) is 1. The molecule has 1 N–H and O–H groups in total. The molecule has 1 aromatic heterocycles. The third-order valence-corrected chi connectivity index (χ3v) is 7.42. The number of rotatable bonds is 5. The smallest absolute Gasteiger partial charge is 0.255 e. The zero-order valence-corrected chi connectivity index (χ0v) is 17.3. The van der Waals surface area contributed by atoms with Crippen LogP contribution in [0.1, 0.15) is 47.2 Å². The molecule has 0 radical (unpaired) electrons. The van der Waals surface area contributed by atoms with E-state index in [9.17, 15) is 13.2 Å². The van der Waals surface area contributed by atoms with Gasteiger partial charge in [-0.05, 0) is 79.8 Å². The molecule has 1 aliphatic carbocycles. The quantitative estimate of drug-likeness (QED) is 0.817. The molecule has 2 heterocycles. The monoisotopic (exact) mass is 413 g/mol. The first-order valence-electron chi connectivity index (χ1n) is 10.3. The summed E-state index contributed by atoms with van der Waals surface area (Å²) in [4.78, 5) is 18.7. The SMILES string of the molecule is O=C(c1cccnc1)N1CCC(CNS(=O)(=O)c2ccc3c(c2)CCCC3)CC1. The number of sulfonamides is 1. The van der Waals surface area contributed by atoms with Gasteiger partial charge in [0.05, 0.1) is 10.5 Å². The van der Waals surface area contributed by atoms with Gasteiger partial charge in [-0.2, -0.15) is 0 Å². The van der Waals surface area contributed by atoms with Crippen molar-refractivity contribution in [2.45, 2.75) is 43.4 Å². The van der Waals surface area contributed by atoms with E-state index in [0.29, 0.717) is 30.1 Å². The second-order valence-corrected chi connectivity index (χ2v) is 9.73. The Labute approximate surface area is 172 Å². The molecule has 2 aromatic rings. The molecule has 4 rings (SSSR count). The van der Waals surface area contributed by atoms with Crippen LogP contribution >= 0.6 is 0 Å². The summed E-state index contributed by atoms with van der Waals surface area (Å²) in [6.07, 6.45) is 9.12. The Morgan fingerprint density at radius 1 is 1.10 bits per heavy atom. The van der Waals surface area contributed by atoms with Gasteiger partial charge in [0.15, 0.2) is 0 Å². The summed E-state index contributed by atoms with van der Waals surface area (Å²) in [5, 5.41) is 0. The molecule has 1 saturated heterocycles. The van der Waals surface area contributed by atoms with Crippen molar-refractivity contribution in [2.75, 3.05) is 19.6 Å². The van der Waals surface area contributed by atoms with Crippen molar-refractivity contribution in [3.8, 4) is 0 Å². The number of amides is 1. The summed E-state index contributed by atoms with van der Waals surface area (Å²) in [7, 11) is -3.50. The van der Waals surface area contributed by atoms with Crippen molar-refractivity contribution >= 4 is 15.9 Å². The molecule has 0 unspecified atom stereocenters. The minimum absolute atomic E-state index is 0.00816. The summed E-state index contributed by atoms with van der Waals surface area (Å²) in [6, 6.07) is 9.06. The molecule has 154 valence electrons. The first-order valence-corrected chi connectivity index (χ1v) is 11.8. The Balaban J connectivity index is 1.31. The van der Waals surface area contributed by atoms with Crippen molar-refractivity contribution in [1.29, 1.82) is 0 Å². The lowest BCUT2D eigenvalue weighted by atomic mass is 9.92. The van der Waals surface area contributed by atoms with Gasteiger partial charge in [-0.1, -0.05) is 6.07 Å². The number of nitrogens with zero attached hydrogens (tertiary/aromatic N) is 2. The van der Waals surface area contributed by atoms with E-state index >= 15 is 0 Å². The average molecular weight is 414 g/mol. The predicted molar refractivity (Wildman–Crippen MR) is 111 cm³/mol. The first-order chi connectivity index (χ1) is 14.0. The third kappa shape index (κ3) is 4.67. The highest BCUT2D eigenvalue weighted by Gasteiger charge is 2.25. The van der Waals surface area contributed by atoms with Crippen molar-refractivity contribution in [3.05, 3.63) is 59.4 Å². The number of likely N-dealkylation sites (tertiary alicyclic amines) is 1. The van der Waals surface area contributed by atoms with Gasteiger partial charge in [-0.25, -0.2) is 13.1 Å². The van der Waals surface area contributed by atoms with Crippen LogP contribution in [-0.4, -0.2) is 43.8 Å². The van der Waals surface area contributed by atoms with Gasteiger partial charge in [0.2, 0.25) is 10.0 Å². The maximum absolute atomic E-state index is 12.7. The number of aryl methyl sites for hydroxylation is 2. The van der Waals surface area contributed by atoms with Crippen LogP contribution in [0.2, 0.25) is 0 Å². The lowest BCUT2D eigenvalue weighted by Crippen LogP contribution is -2.41. The lowest BCUT2D eigenvalue weighted by molar-refractivity contribution is 0.0691. The maximum Gasteiger partial charge on any atom is 0.255 e. The number of carbonyl (C=O) groups excluding carboxylic acids is 1. The molecule has 0 spiro atoms. The molecule has 0 saturated carbocycles. The number of carbonyl (C=O) groups is 1. The number of benzene rings is 1. The predicted octanol–water partition coefficient (Wildman–Crippen LogP) is 2.79. The Morgan fingerprint density at radius 3 is 2.59 bits per heavy atom. The molecule has 6 nitrogen and oxygen atoms in total. The Bertz CT molecular complexity index is 968. The van der Waals surface area contributed by atoms with E-state index in [1.54, 1.807) is 30.6 Å². The van der Waals surface area contributed by atoms with Gasteiger partial charge >= 0.3 is 0 Å². The summed E-state index contributed by atoms with van der Waals surface area (Å²) in [5.41, 5.74) is 3.04. The molecule has 2 aliphatic rings. The van der Waals surface area contributed by atoms with Crippen molar-refractivity contribution in [1.82, 2.24) is 14.6 Å². The van der Waals surface area contributed by atoms with Crippen LogP contribution in [0.25, 0.3) is 0 Å². The molecule has 29 heavy (non-hydrogen) atoms. The highest BCUT2D eigenvalue weighted by Crippen LogP contribution is 2.24. The largest absolute Gasteiger partial charge is 0.339 e. The zero-order valence-electron chi connectivity index (χ0n) is 16.5. The normalized spacial score (nSPS) is 17.7. The van der Waals surface area contributed by atoms with Crippen molar-refractivity contribution < 1.29 is 13.2 Å². The Morgan fingerprint density at radius 2 is 1.86 bits per heavy atom. The number of hydrogen-bond donors (Lipinski definition) is 1. The van der Waals surface area contributed by atoms with Gasteiger partial charge in [0.25, 0.3) is 5.91 Å². The highest BCUT2D eigenvalue weighted by atomic mass is 32.2. The van der Waals surface area contributed by atoms with Crippen LogP contribution < -0.4 is 4.72 Å². The molecule has 1 aliphatic heterocycles. The van der Waals surface area contributed by atoms with E-state index in [1.165, 1.54) is 17.5 Å². The Hall–Kier alpha value is -2.25. The third-order valence-electron chi connectivity index (χ3n) is 6.00. The van der Waals surface area contributed by atoms with Gasteiger partial charge in [0, 0.05) is 32.0 Å². The van der Waals surface area contributed by atoms with Crippen LogP contribution in [0.4, 0.5) is 0 Å². The maximum atomic E-state index is 12.7. The summed E-state index contributed by atoms with van der Waals surface area (Å²) >= 11 is 0. The topological polar surface area (TPSA) is 79.4 Å². The fourth-order valence-electron chi connectivity index (χ4n) is 4.20. The van der Waals surface area contributed by atoms with Crippen molar-refractivity contribution in [2.24, 2.45) is 5.92 Å². The lowest BCUT2D eigenvalue weighted by Gasteiger charge is -2.32. The van der Waals surface area contributed by atoms with Gasteiger partial charge in [0.1, 0.15) is 0 Å². The van der Waals surface area contributed by atoms with Crippen LogP contribution in [0.3, 0.4) is 0 Å². The standard InChI is InChI=1S/C22H27N3O3S/c26-22(20-6-3-11-23-16-20)25-12-9-17(10-13-25)15-24-29(27,28)21-8-7-18-4-1-2-5-19(18)14-21/h3,6-8,11,14,16-17,24H,1-2,4-5,9-10,12-13,15H2. The number of piperidine rings is 1. The van der Waals surface area contributed by atoms with E-state index in [4.69, 9.17) is 0 Å². The fourth-order valence-corrected chi connectivity index (χ4v) is 5.37. The minimum atomic E-state index is -3.50. The van der Waals surface area contributed by atoms with Crippen molar-refractivity contribution in [3.63, 3.8) is 0 Å². The number of hydrogen-bond acceptors (Lipinski definition) is 4. The summed E-state index contributed by atoms with van der Waals surface area (Å²) in [6.45, 7) is 1.69. The van der Waals surface area contributed by atoms with Gasteiger partial charge in [-0.15, -0.1) is 0 Å². The van der Waals surface area contributed by atoms with Crippen LogP contribution in [0.5, 0.6) is 0 Å². The summed E-state index contributed by atoms with van der Waals surface area (Å²) < 4.78 is 28.3. The highest BCUT2D eigenvalue weighted by molar-refractivity contribution is 7.89. The molecule has 1 aromatic carbocycles. The number of pyridine rings is 1. The molecule has 0 atom stereocenters. The van der Waals surface area contributed by atoms with Crippen LogP contribution in [-0.2, 0) is 22.9 Å². The molecule has 7 heteroatoms. The van der Waals surface area contributed by atoms with E-state index < -0.39 is 10.0 Å². The molecule has 0 bridgehead atoms. The van der Waals surface area contributed by atoms with Gasteiger partial charge < -0.3 is 4.90 Å². The second kappa shape index (κ2) is 8.63. The van der Waals surface area contributed by atoms with Crippen LogP contribution in [0.15, 0.2) is 47.6 Å². The summed E-state index contributed by atoms with van der Waals surface area (Å²) in [5.74, 6) is 0.228. The van der Waals surface area contributed by atoms with E-state index in [2.05, 4.69) is 9.71 Å². The number of aromatic nitrogens is 1. The van der Waals surface area contributed by atoms with E-state index in [-0.39, 0.29) is 11.8 Å². The average Bonchev–Trinajstić information content (AvgIpc) is 2.78. The minimum Gasteiger partial charge on any atom is -0.339 e. The second-order valence-electron chi connectivity index (χ2n) is 7.97. The molecule has 1 amide bonds. The van der Waals surface area contributed by atoms with E-state index in [1.807, 2.05) is 17.0 Å². The zero-order chi connectivity index (χ0) is 20.3. The molecular formula is C22H27N3O3S. The van der Waals surface area contributed by atoms with E-state index in [0.717, 1.165) is 32.1 Å².